The summed E-state index contributed by atoms with van der Waals surface area (Å²) in [6, 6.07) is 25.8. The van der Waals surface area contributed by atoms with Crippen LogP contribution in [0, 0.1) is 23.7 Å². The molecule has 0 aliphatic carbocycles. The predicted octanol–water partition coefficient (Wildman–Crippen LogP) is 5.26. The zero-order valence-corrected chi connectivity index (χ0v) is 29.4. The Labute approximate surface area is 304 Å². The van der Waals surface area contributed by atoms with E-state index in [2.05, 4.69) is 43.6 Å². The molecule has 4 heterocycles. The van der Waals surface area contributed by atoms with Crippen molar-refractivity contribution in [1.29, 1.82) is 0 Å². The van der Waals surface area contributed by atoms with Gasteiger partial charge in [0.15, 0.2) is 0 Å². The molecular formula is C42H42N8O2. The van der Waals surface area contributed by atoms with E-state index in [-0.39, 0.29) is 29.9 Å². The smallest absolute Gasteiger partial charge is 0.245 e. The Kier molecular flexibility index (Phi) is 10.3. The van der Waals surface area contributed by atoms with Crippen LogP contribution in [0.2, 0.25) is 0 Å². The molecular weight excluding hydrogens is 649 g/mol. The lowest BCUT2D eigenvalue weighted by molar-refractivity contribution is -0.137. The van der Waals surface area contributed by atoms with Crippen LogP contribution >= 0.6 is 0 Å². The van der Waals surface area contributed by atoms with Gasteiger partial charge >= 0.3 is 0 Å². The zero-order chi connectivity index (χ0) is 36.0. The third-order valence-electron chi connectivity index (χ3n) is 9.75. The lowest BCUT2D eigenvalue weighted by atomic mass is 10.0. The van der Waals surface area contributed by atoms with E-state index < -0.39 is 6.04 Å². The second-order valence-corrected chi connectivity index (χ2v) is 13.5. The van der Waals surface area contributed by atoms with Gasteiger partial charge in [-0.15, -0.1) is 0 Å². The molecule has 0 saturated carbocycles. The number of amides is 2. The molecule has 0 unspecified atom stereocenters. The van der Waals surface area contributed by atoms with Crippen LogP contribution in [-0.4, -0.2) is 73.6 Å². The molecule has 2 saturated heterocycles. The van der Waals surface area contributed by atoms with E-state index in [1.807, 2.05) is 114 Å². The van der Waals surface area contributed by atoms with Crippen molar-refractivity contribution in [2.24, 2.45) is 5.73 Å². The van der Waals surface area contributed by atoms with Crippen molar-refractivity contribution < 1.29 is 9.59 Å². The van der Waals surface area contributed by atoms with Gasteiger partial charge in [0.2, 0.25) is 11.8 Å². The fourth-order valence-electron chi connectivity index (χ4n) is 7.12. The highest BCUT2D eigenvalue weighted by Gasteiger charge is 2.37. The number of likely N-dealkylation sites (tertiary alicyclic amines) is 2. The lowest BCUT2D eigenvalue weighted by Gasteiger charge is -2.31. The van der Waals surface area contributed by atoms with E-state index in [4.69, 9.17) is 5.73 Å². The number of carbonyl (C=O) groups is 2. The second kappa shape index (κ2) is 15.5. The number of nitrogens with two attached hydrogens (primary N) is 1. The van der Waals surface area contributed by atoms with Gasteiger partial charge in [0.05, 0.1) is 24.5 Å². The van der Waals surface area contributed by atoms with Crippen LogP contribution in [0.5, 0.6) is 0 Å². The van der Waals surface area contributed by atoms with Gasteiger partial charge in [-0.05, 0) is 87.0 Å². The number of carbonyl (C=O) groups excluding carboxylic acids is 2. The Balaban J connectivity index is 0.974. The normalized spacial score (nSPS) is 18.0. The average Bonchev–Trinajstić information content (AvgIpc) is 4.01. The maximum absolute atomic E-state index is 13.8. The van der Waals surface area contributed by atoms with Gasteiger partial charge < -0.3 is 25.5 Å². The molecule has 52 heavy (non-hydrogen) atoms. The van der Waals surface area contributed by atoms with E-state index in [0.29, 0.717) is 24.5 Å². The first-order chi connectivity index (χ1) is 25.4. The Hall–Kier alpha value is -5.94. The number of aromatic nitrogens is 4. The Bertz CT molecular complexity index is 2130. The molecule has 0 spiro atoms. The quantitative estimate of drug-likeness (QED) is 0.200. The summed E-state index contributed by atoms with van der Waals surface area (Å²) in [4.78, 5) is 48.7. The summed E-state index contributed by atoms with van der Waals surface area (Å²) in [7, 11) is 3.88. The van der Waals surface area contributed by atoms with Crippen molar-refractivity contribution in [3.8, 4) is 23.7 Å². The first-order valence-corrected chi connectivity index (χ1v) is 17.7. The summed E-state index contributed by atoms with van der Waals surface area (Å²) in [6.45, 7) is 1.35. The van der Waals surface area contributed by atoms with Gasteiger partial charge in [-0.2, -0.15) is 0 Å². The second-order valence-electron chi connectivity index (χ2n) is 13.5. The minimum atomic E-state index is -0.706. The molecule has 2 amide bonds. The van der Waals surface area contributed by atoms with Crippen molar-refractivity contribution in [1.82, 2.24) is 34.6 Å². The Morgan fingerprint density at radius 2 is 1.15 bits per heavy atom. The van der Waals surface area contributed by atoms with Crippen LogP contribution in [-0.2, 0) is 9.59 Å². The van der Waals surface area contributed by atoms with E-state index in [1.54, 1.807) is 12.4 Å². The van der Waals surface area contributed by atoms with Gasteiger partial charge in [-0.1, -0.05) is 72.5 Å². The average molecular weight is 691 g/mol. The number of nitrogens with zero attached hydrogens (tertiary/aromatic N) is 5. The van der Waals surface area contributed by atoms with Crippen LogP contribution in [0.15, 0.2) is 97.3 Å². The van der Waals surface area contributed by atoms with Gasteiger partial charge in [-0.3, -0.25) is 14.5 Å². The number of hydrogen-bond acceptors (Lipinski definition) is 6. The van der Waals surface area contributed by atoms with Crippen LogP contribution in [0.3, 0.4) is 0 Å². The topological polar surface area (TPSA) is 127 Å². The van der Waals surface area contributed by atoms with E-state index in [9.17, 15) is 9.59 Å². The fraction of sp³-hybridized carbons (Fsp3) is 0.286. The lowest BCUT2D eigenvalue weighted by Crippen LogP contribution is -2.40. The number of nitrogens with one attached hydrogen (secondary N) is 2. The summed E-state index contributed by atoms with van der Waals surface area (Å²) in [5, 5.41) is 0. The fourth-order valence-corrected chi connectivity index (χ4v) is 7.12. The van der Waals surface area contributed by atoms with Crippen LogP contribution in [0.1, 0.15) is 95.1 Å². The summed E-state index contributed by atoms with van der Waals surface area (Å²) < 4.78 is 0. The first-order valence-electron chi connectivity index (χ1n) is 17.7. The molecule has 0 radical (unpaired) electrons. The van der Waals surface area contributed by atoms with Crippen molar-refractivity contribution in [2.75, 3.05) is 27.2 Å². The molecule has 5 aromatic rings. The highest BCUT2D eigenvalue weighted by Crippen LogP contribution is 2.34. The summed E-state index contributed by atoms with van der Waals surface area (Å²) in [6.07, 6.45) is 6.94. The van der Waals surface area contributed by atoms with Gasteiger partial charge in [0, 0.05) is 24.2 Å². The molecule has 10 nitrogen and oxygen atoms in total. The number of imidazole rings is 2. The zero-order valence-electron chi connectivity index (χ0n) is 29.4. The number of likely N-dealkylation sites (N-methyl/N-ethyl adjacent to an activating group) is 1. The van der Waals surface area contributed by atoms with E-state index >= 15 is 0 Å². The minimum absolute atomic E-state index is 0.0792. The maximum Gasteiger partial charge on any atom is 0.245 e. The Morgan fingerprint density at radius 1 is 0.692 bits per heavy atom. The molecule has 2 aliphatic heterocycles. The predicted molar refractivity (Wildman–Crippen MR) is 199 cm³/mol. The highest BCUT2D eigenvalue weighted by atomic mass is 16.2. The first kappa shape index (κ1) is 34.5. The van der Waals surface area contributed by atoms with Crippen LogP contribution < -0.4 is 5.73 Å². The molecule has 2 aliphatic rings. The number of rotatable bonds is 7. The van der Waals surface area contributed by atoms with Crippen molar-refractivity contribution in [2.45, 2.75) is 49.9 Å². The van der Waals surface area contributed by atoms with Gasteiger partial charge in [0.25, 0.3) is 0 Å². The molecule has 262 valence electrons. The largest absolute Gasteiger partial charge is 0.334 e. The molecule has 4 atom stereocenters. The van der Waals surface area contributed by atoms with Crippen molar-refractivity contribution in [3.63, 3.8) is 0 Å². The standard InChI is InChI=1S/C42H42N8O2/c1-48(2)38(32-13-7-4-8-14-32)42(52)50-26-10-16-36(50)40-45-28-34(47-40)24-22-30-19-17-29(18-20-30)21-23-33-27-44-39(46-33)35-15-9-25-49(35)41(51)37(43)31-11-5-3-6-12-31/h3-8,11-14,17-20,27-28,35-38H,9-10,15-16,25-26,43H2,1-2H3,(H,44,46)(H,45,47)/t35-,36-,37+,38+/m0/s1. The minimum Gasteiger partial charge on any atom is -0.334 e. The molecule has 0 bridgehead atoms. The van der Waals surface area contributed by atoms with Crippen molar-refractivity contribution in [3.05, 3.63) is 143 Å². The number of hydrogen-bond donors (Lipinski definition) is 3. The molecule has 2 aromatic heterocycles. The van der Waals surface area contributed by atoms with Crippen molar-refractivity contribution >= 4 is 11.8 Å². The van der Waals surface area contributed by atoms with Gasteiger partial charge in [0.1, 0.15) is 35.1 Å². The SMILES string of the molecule is CN(C)[C@@H](C(=O)N1CCC[C@H]1c1ncc(C#Cc2ccc(C#Cc3cnc([C@@H]4CCCN4C(=O)[C@H](N)c4ccccc4)[nH]3)cc2)[nH]1)c1ccccc1. The third kappa shape index (κ3) is 7.54. The molecule has 7 rings (SSSR count). The maximum atomic E-state index is 13.8. The van der Waals surface area contributed by atoms with Crippen LogP contribution in [0.25, 0.3) is 0 Å². The summed E-state index contributed by atoms with van der Waals surface area (Å²) in [5.41, 5.74) is 11.2. The van der Waals surface area contributed by atoms with Crippen LogP contribution in [0.4, 0.5) is 0 Å². The highest BCUT2D eigenvalue weighted by molar-refractivity contribution is 5.84. The van der Waals surface area contributed by atoms with E-state index in [0.717, 1.165) is 59.6 Å². The summed E-state index contributed by atoms with van der Waals surface area (Å²) in [5.74, 6) is 14.2. The molecule has 2 fully saturated rings. The van der Waals surface area contributed by atoms with E-state index in [1.165, 1.54) is 0 Å². The number of H-pyrrole nitrogens is 2. The number of aromatic amines is 2. The molecule has 10 heteroatoms. The molecule has 3 aromatic carbocycles. The van der Waals surface area contributed by atoms with Gasteiger partial charge in [-0.25, -0.2) is 9.97 Å². The number of benzene rings is 3. The Morgan fingerprint density at radius 3 is 1.63 bits per heavy atom. The molecule has 4 N–H and O–H groups in total. The monoisotopic (exact) mass is 690 g/mol. The summed E-state index contributed by atoms with van der Waals surface area (Å²) >= 11 is 0. The third-order valence-corrected chi connectivity index (χ3v) is 9.75.